The number of carbonyl (C=O) groups excluding carboxylic acids is 2. The highest BCUT2D eigenvalue weighted by Gasteiger charge is 2.34. The van der Waals surface area contributed by atoms with Crippen LogP contribution in [-0.4, -0.2) is 70.8 Å². The van der Waals surface area contributed by atoms with Crippen LogP contribution in [0.3, 0.4) is 0 Å². The van der Waals surface area contributed by atoms with Crippen molar-refractivity contribution in [3.63, 3.8) is 0 Å². The van der Waals surface area contributed by atoms with Crippen LogP contribution in [0, 0.1) is 0 Å². The number of amides is 2. The molecule has 1 aromatic carbocycles. The molecule has 156 valence electrons. The van der Waals surface area contributed by atoms with Crippen LogP contribution in [0.1, 0.15) is 27.6 Å². The Labute approximate surface area is 178 Å². The van der Waals surface area contributed by atoms with Crippen LogP contribution in [0.15, 0.2) is 42.7 Å². The maximum absolute atomic E-state index is 13.4. The molecule has 0 saturated carbocycles. The third-order valence-corrected chi connectivity index (χ3v) is 7.11. The summed E-state index contributed by atoms with van der Waals surface area (Å²) < 4.78 is 8.20. The number of hydrogen-bond acceptors (Lipinski definition) is 5. The van der Waals surface area contributed by atoms with Crippen molar-refractivity contribution in [2.75, 3.05) is 39.4 Å². The molecular formula is C22H24N4O3S. The fourth-order valence-electron chi connectivity index (χ4n) is 4.39. The monoisotopic (exact) mass is 424 g/mol. The van der Waals surface area contributed by atoms with Crippen molar-refractivity contribution in [1.29, 1.82) is 0 Å². The Hall–Kier alpha value is -2.71. The molecule has 5 rings (SSSR count). The second-order valence-corrected chi connectivity index (χ2v) is 8.83. The van der Waals surface area contributed by atoms with E-state index < -0.39 is 0 Å². The minimum absolute atomic E-state index is 0.0711. The molecule has 3 aromatic rings. The molecule has 0 aliphatic carbocycles. The molecule has 2 aliphatic heterocycles. The maximum atomic E-state index is 13.4. The first-order valence-electron chi connectivity index (χ1n) is 10.3. The van der Waals surface area contributed by atoms with Crippen molar-refractivity contribution >= 4 is 33.2 Å². The molecule has 0 N–H and O–H groups in total. The zero-order valence-electron chi connectivity index (χ0n) is 16.7. The predicted molar refractivity (Wildman–Crippen MR) is 115 cm³/mol. The van der Waals surface area contributed by atoms with E-state index in [0.29, 0.717) is 39.4 Å². The summed E-state index contributed by atoms with van der Waals surface area (Å²) in [6.07, 6.45) is 4.35. The molecule has 2 fully saturated rings. The lowest BCUT2D eigenvalue weighted by atomic mass is 9.94. The number of ether oxygens (including phenoxy) is 1. The lowest BCUT2D eigenvalue weighted by Gasteiger charge is -2.27. The number of fused-ring (bicyclic) bond motifs is 1. The number of rotatable bonds is 4. The molecule has 2 saturated heterocycles. The summed E-state index contributed by atoms with van der Waals surface area (Å²) >= 11 is 1.58. The van der Waals surface area contributed by atoms with Gasteiger partial charge in [-0.1, -0.05) is 18.2 Å². The summed E-state index contributed by atoms with van der Waals surface area (Å²) in [6.45, 7) is 4.04. The maximum Gasteiger partial charge on any atom is 0.264 e. The van der Waals surface area contributed by atoms with Gasteiger partial charge in [0.2, 0.25) is 5.91 Å². The van der Waals surface area contributed by atoms with Gasteiger partial charge in [0.05, 0.1) is 18.1 Å². The van der Waals surface area contributed by atoms with Crippen molar-refractivity contribution in [1.82, 2.24) is 19.6 Å². The van der Waals surface area contributed by atoms with Crippen LogP contribution in [-0.2, 0) is 16.1 Å². The number of benzene rings is 1. The van der Waals surface area contributed by atoms with E-state index >= 15 is 0 Å². The highest BCUT2D eigenvalue weighted by molar-refractivity contribution is 7.21. The molecule has 30 heavy (non-hydrogen) atoms. The summed E-state index contributed by atoms with van der Waals surface area (Å²) in [5.74, 6) is 0.334. The van der Waals surface area contributed by atoms with Crippen molar-refractivity contribution < 1.29 is 14.3 Å². The van der Waals surface area contributed by atoms with Gasteiger partial charge < -0.3 is 14.5 Å². The van der Waals surface area contributed by atoms with E-state index in [2.05, 4.69) is 17.2 Å². The Morgan fingerprint density at radius 3 is 2.73 bits per heavy atom. The number of hydrogen-bond donors (Lipinski definition) is 0. The van der Waals surface area contributed by atoms with Crippen LogP contribution in [0.5, 0.6) is 0 Å². The van der Waals surface area contributed by atoms with Gasteiger partial charge in [0.25, 0.3) is 5.91 Å². The normalized spacial score (nSPS) is 19.5. The SMILES string of the molecule is O=C(Cn1cccn1)N1CCC(c2c(C(=O)N3CCOCC3)sc3ccccc23)C1. The fraction of sp³-hybridized carbons (Fsp3) is 0.409. The predicted octanol–water partition coefficient (Wildman–Crippen LogP) is 2.59. The van der Waals surface area contributed by atoms with E-state index in [1.807, 2.05) is 28.0 Å². The summed E-state index contributed by atoms with van der Waals surface area (Å²) in [5, 5.41) is 5.28. The highest BCUT2D eigenvalue weighted by Crippen LogP contribution is 2.40. The Morgan fingerprint density at radius 1 is 1.10 bits per heavy atom. The van der Waals surface area contributed by atoms with Gasteiger partial charge in [-0.25, -0.2) is 0 Å². The lowest BCUT2D eigenvalue weighted by Crippen LogP contribution is -2.40. The average molecular weight is 425 g/mol. The van der Waals surface area contributed by atoms with Crippen LogP contribution >= 0.6 is 11.3 Å². The minimum Gasteiger partial charge on any atom is -0.378 e. The summed E-state index contributed by atoms with van der Waals surface area (Å²) in [7, 11) is 0. The first-order valence-corrected chi connectivity index (χ1v) is 11.2. The first-order chi connectivity index (χ1) is 14.7. The van der Waals surface area contributed by atoms with Gasteiger partial charge in [0.1, 0.15) is 6.54 Å². The second-order valence-electron chi connectivity index (χ2n) is 7.77. The molecule has 8 heteroatoms. The number of thiophene rings is 1. The van der Waals surface area contributed by atoms with Crippen molar-refractivity contribution in [2.24, 2.45) is 0 Å². The van der Waals surface area contributed by atoms with E-state index in [-0.39, 0.29) is 24.3 Å². The number of carbonyl (C=O) groups is 2. The first kappa shape index (κ1) is 19.3. The molecule has 0 spiro atoms. The van der Waals surface area contributed by atoms with Gasteiger partial charge >= 0.3 is 0 Å². The molecule has 0 bridgehead atoms. The molecule has 1 atom stereocenters. The van der Waals surface area contributed by atoms with E-state index in [9.17, 15) is 9.59 Å². The van der Waals surface area contributed by atoms with Gasteiger partial charge in [-0.05, 0) is 29.5 Å². The number of likely N-dealkylation sites (tertiary alicyclic amines) is 1. The molecule has 0 radical (unpaired) electrons. The van der Waals surface area contributed by atoms with E-state index in [4.69, 9.17) is 4.74 Å². The minimum atomic E-state index is 0.0711. The van der Waals surface area contributed by atoms with Crippen molar-refractivity contribution in [3.8, 4) is 0 Å². The van der Waals surface area contributed by atoms with Crippen LogP contribution in [0.4, 0.5) is 0 Å². The quantitative estimate of drug-likeness (QED) is 0.646. The number of morpholine rings is 1. The van der Waals surface area contributed by atoms with Gasteiger partial charge in [0.15, 0.2) is 0 Å². The summed E-state index contributed by atoms with van der Waals surface area (Å²) in [4.78, 5) is 30.7. The number of nitrogens with zero attached hydrogens (tertiary/aromatic N) is 4. The summed E-state index contributed by atoms with van der Waals surface area (Å²) in [6, 6.07) is 10.0. The van der Waals surface area contributed by atoms with Gasteiger partial charge in [-0.2, -0.15) is 5.10 Å². The third-order valence-electron chi connectivity index (χ3n) is 5.93. The third kappa shape index (κ3) is 3.61. The Kier molecular flexibility index (Phi) is 5.26. The average Bonchev–Trinajstić information content (AvgIpc) is 3.53. The zero-order chi connectivity index (χ0) is 20.5. The Bertz CT molecular complexity index is 1060. The standard InChI is InChI=1S/C22H24N4O3S/c27-19(15-26-8-3-7-23-26)25-9-6-16(14-25)20-17-4-1-2-5-18(17)30-21(20)22(28)24-10-12-29-13-11-24/h1-5,7-8,16H,6,9-15H2. The lowest BCUT2D eigenvalue weighted by molar-refractivity contribution is -0.131. The topological polar surface area (TPSA) is 67.7 Å². The molecule has 2 amide bonds. The second kappa shape index (κ2) is 8.20. The van der Waals surface area contributed by atoms with Crippen LogP contribution in [0.2, 0.25) is 0 Å². The van der Waals surface area contributed by atoms with E-state index in [1.165, 1.54) is 0 Å². The van der Waals surface area contributed by atoms with E-state index in [1.54, 1.807) is 28.4 Å². The molecule has 1 unspecified atom stereocenters. The molecule has 4 heterocycles. The zero-order valence-corrected chi connectivity index (χ0v) is 17.5. The van der Waals surface area contributed by atoms with E-state index in [0.717, 1.165) is 26.9 Å². The summed E-state index contributed by atoms with van der Waals surface area (Å²) in [5.41, 5.74) is 1.11. The highest BCUT2D eigenvalue weighted by atomic mass is 32.1. The molecule has 7 nitrogen and oxygen atoms in total. The van der Waals surface area contributed by atoms with Crippen LogP contribution < -0.4 is 0 Å². The Morgan fingerprint density at radius 2 is 1.93 bits per heavy atom. The van der Waals surface area contributed by atoms with Crippen LogP contribution in [0.25, 0.3) is 10.1 Å². The van der Waals surface area contributed by atoms with Gasteiger partial charge in [-0.15, -0.1) is 11.3 Å². The fourth-order valence-corrected chi connectivity index (χ4v) is 5.65. The molecule has 2 aromatic heterocycles. The van der Waals surface area contributed by atoms with Crippen molar-refractivity contribution in [3.05, 3.63) is 53.2 Å². The largest absolute Gasteiger partial charge is 0.378 e. The van der Waals surface area contributed by atoms with Crippen molar-refractivity contribution in [2.45, 2.75) is 18.9 Å². The number of aromatic nitrogens is 2. The molecule has 2 aliphatic rings. The van der Waals surface area contributed by atoms with Gasteiger partial charge in [-0.3, -0.25) is 14.3 Å². The molecular weight excluding hydrogens is 400 g/mol. The smallest absolute Gasteiger partial charge is 0.264 e. The van der Waals surface area contributed by atoms with Gasteiger partial charge in [0, 0.05) is 49.2 Å². The Balaban J connectivity index is 1.42.